The highest BCUT2D eigenvalue weighted by atomic mass is 19.1. The Morgan fingerprint density at radius 3 is 2.46 bits per heavy atom. The first-order valence-electron chi connectivity index (χ1n) is 4.77. The van der Waals surface area contributed by atoms with Crippen LogP contribution >= 0.6 is 0 Å². The van der Waals surface area contributed by atoms with Crippen molar-refractivity contribution in [2.45, 2.75) is 31.8 Å². The Hall–Kier alpha value is -0.890. The number of nitrogens with one attached hydrogen (secondary N) is 1. The van der Waals surface area contributed by atoms with E-state index in [9.17, 15) is 4.39 Å². The van der Waals surface area contributed by atoms with Crippen molar-refractivity contribution < 1.29 is 4.39 Å². The summed E-state index contributed by atoms with van der Waals surface area (Å²) in [5, 5.41) is 3.47. The Bertz CT molecular complexity index is 277. The molecule has 0 aliphatic heterocycles. The maximum absolute atomic E-state index is 12.6. The van der Waals surface area contributed by atoms with E-state index in [1.54, 1.807) is 0 Å². The summed E-state index contributed by atoms with van der Waals surface area (Å²) < 4.78 is 12.6. The Kier molecular flexibility index (Phi) is 2.32. The van der Waals surface area contributed by atoms with E-state index in [2.05, 4.69) is 12.2 Å². The van der Waals surface area contributed by atoms with Crippen molar-refractivity contribution in [1.29, 1.82) is 0 Å². The minimum Gasteiger partial charge on any atom is -0.307 e. The van der Waals surface area contributed by atoms with Crippen LogP contribution in [-0.2, 0) is 0 Å². The van der Waals surface area contributed by atoms with E-state index in [-0.39, 0.29) is 5.82 Å². The molecule has 1 atom stereocenters. The molecule has 0 amide bonds. The third-order valence-electron chi connectivity index (χ3n) is 2.43. The van der Waals surface area contributed by atoms with Gasteiger partial charge in [-0.2, -0.15) is 0 Å². The molecule has 1 aliphatic rings. The van der Waals surface area contributed by atoms with E-state index in [1.165, 1.54) is 25.0 Å². The van der Waals surface area contributed by atoms with Crippen LogP contribution in [0.4, 0.5) is 4.39 Å². The van der Waals surface area contributed by atoms with E-state index in [0.29, 0.717) is 12.1 Å². The van der Waals surface area contributed by atoms with Gasteiger partial charge in [-0.15, -0.1) is 0 Å². The second kappa shape index (κ2) is 3.46. The van der Waals surface area contributed by atoms with Gasteiger partial charge in [-0.05, 0) is 37.5 Å². The first-order valence-corrected chi connectivity index (χ1v) is 4.77. The Balaban J connectivity index is 2.01. The molecule has 1 aromatic carbocycles. The summed E-state index contributed by atoms with van der Waals surface area (Å²) in [7, 11) is 0. The van der Waals surface area contributed by atoms with Gasteiger partial charge in [0.15, 0.2) is 0 Å². The highest BCUT2D eigenvalue weighted by Gasteiger charge is 2.22. The molecule has 0 saturated heterocycles. The molecular weight excluding hydrogens is 165 g/mol. The number of benzene rings is 1. The highest BCUT2D eigenvalue weighted by Crippen LogP contribution is 2.23. The van der Waals surface area contributed by atoms with Gasteiger partial charge < -0.3 is 5.32 Å². The minimum absolute atomic E-state index is 0.164. The quantitative estimate of drug-likeness (QED) is 0.752. The summed E-state index contributed by atoms with van der Waals surface area (Å²) in [6.45, 7) is 2.12. The highest BCUT2D eigenvalue weighted by molar-refractivity contribution is 5.19. The molecule has 0 spiro atoms. The predicted molar refractivity (Wildman–Crippen MR) is 51.0 cm³/mol. The molecule has 2 rings (SSSR count). The van der Waals surface area contributed by atoms with Gasteiger partial charge in [-0.3, -0.25) is 0 Å². The largest absolute Gasteiger partial charge is 0.307 e. The van der Waals surface area contributed by atoms with Crippen molar-refractivity contribution >= 4 is 0 Å². The van der Waals surface area contributed by atoms with Gasteiger partial charge in [-0.25, -0.2) is 4.39 Å². The van der Waals surface area contributed by atoms with Crippen molar-refractivity contribution in [1.82, 2.24) is 5.32 Å². The number of halogens is 1. The minimum atomic E-state index is -0.164. The smallest absolute Gasteiger partial charge is 0.123 e. The van der Waals surface area contributed by atoms with Crippen LogP contribution in [0.15, 0.2) is 24.3 Å². The van der Waals surface area contributed by atoms with Crippen LogP contribution in [-0.4, -0.2) is 6.04 Å². The summed E-state index contributed by atoms with van der Waals surface area (Å²) in [6, 6.07) is 7.75. The van der Waals surface area contributed by atoms with Gasteiger partial charge in [0.05, 0.1) is 0 Å². The molecule has 1 aromatic rings. The SMILES string of the molecule is CC(NC1CC1)c1ccc(F)cc1. The summed E-state index contributed by atoms with van der Waals surface area (Å²) in [5.41, 5.74) is 1.16. The summed E-state index contributed by atoms with van der Waals surface area (Å²) >= 11 is 0. The van der Waals surface area contributed by atoms with E-state index in [0.717, 1.165) is 5.56 Å². The monoisotopic (exact) mass is 179 g/mol. The lowest BCUT2D eigenvalue weighted by molar-refractivity contribution is 0.568. The fourth-order valence-corrected chi connectivity index (χ4v) is 1.45. The lowest BCUT2D eigenvalue weighted by Crippen LogP contribution is -2.20. The molecule has 1 unspecified atom stereocenters. The van der Waals surface area contributed by atoms with Gasteiger partial charge in [0.1, 0.15) is 5.82 Å². The van der Waals surface area contributed by atoms with Gasteiger partial charge in [0, 0.05) is 12.1 Å². The van der Waals surface area contributed by atoms with Crippen molar-refractivity contribution in [2.75, 3.05) is 0 Å². The molecule has 0 aromatic heterocycles. The van der Waals surface area contributed by atoms with Crippen molar-refractivity contribution in [3.63, 3.8) is 0 Å². The van der Waals surface area contributed by atoms with Crippen molar-refractivity contribution in [2.24, 2.45) is 0 Å². The number of hydrogen-bond donors (Lipinski definition) is 1. The first kappa shape index (κ1) is 8.70. The lowest BCUT2D eigenvalue weighted by Gasteiger charge is -2.13. The molecule has 1 fully saturated rings. The van der Waals surface area contributed by atoms with Crippen LogP contribution in [0.3, 0.4) is 0 Å². The van der Waals surface area contributed by atoms with Crippen molar-refractivity contribution in [3.05, 3.63) is 35.6 Å². The molecule has 1 N–H and O–H groups in total. The van der Waals surface area contributed by atoms with Crippen LogP contribution in [0.2, 0.25) is 0 Å². The standard InChI is InChI=1S/C11H14FN/c1-8(13-11-6-7-11)9-2-4-10(12)5-3-9/h2-5,8,11,13H,6-7H2,1H3. The number of rotatable bonds is 3. The lowest BCUT2D eigenvalue weighted by atomic mass is 10.1. The molecule has 0 bridgehead atoms. The zero-order valence-corrected chi connectivity index (χ0v) is 7.76. The van der Waals surface area contributed by atoms with Gasteiger partial charge in [0.25, 0.3) is 0 Å². The Morgan fingerprint density at radius 1 is 1.31 bits per heavy atom. The summed E-state index contributed by atoms with van der Waals surface area (Å²) in [5.74, 6) is -0.164. The maximum atomic E-state index is 12.6. The predicted octanol–water partition coefficient (Wildman–Crippen LogP) is 2.64. The van der Waals surface area contributed by atoms with E-state index < -0.39 is 0 Å². The molecule has 2 heteroatoms. The third-order valence-corrected chi connectivity index (χ3v) is 2.43. The number of hydrogen-bond acceptors (Lipinski definition) is 1. The molecule has 1 nitrogen and oxygen atoms in total. The van der Waals surface area contributed by atoms with E-state index in [4.69, 9.17) is 0 Å². The van der Waals surface area contributed by atoms with Crippen LogP contribution in [0.25, 0.3) is 0 Å². The van der Waals surface area contributed by atoms with Crippen LogP contribution in [0.1, 0.15) is 31.4 Å². The first-order chi connectivity index (χ1) is 6.25. The fraction of sp³-hybridized carbons (Fsp3) is 0.455. The topological polar surface area (TPSA) is 12.0 Å². The third kappa shape index (κ3) is 2.28. The van der Waals surface area contributed by atoms with Crippen LogP contribution in [0, 0.1) is 5.82 Å². The molecule has 1 aliphatic carbocycles. The Labute approximate surface area is 78.0 Å². The van der Waals surface area contributed by atoms with Crippen molar-refractivity contribution in [3.8, 4) is 0 Å². The van der Waals surface area contributed by atoms with Crippen LogP contribution < -0.4 is 5.32 Å². The molecule has 0 heterocycles. The zero-order valence-electron chi connectivity index (χ0n) is 7.76. The average Bonchev–Trinajstić information content (AvgIpc) is 2.89. The van der Waals surface area contributed by atoms with Gasteiger partial charge in [-0.1, -0.05) is 12.1 Å². The maximum Gasteiger partial charge on any atom is 0.123 e. The van der Waals surface area contributed by atoms with E-state index in [1.807, 2.05) is 12.1 Å². The van der Waals surface area contributed by atoms with Gasteiger partial charge in [0.2, 0.25) is 0 Å². The molecule has 70 valence electrons. The summed E-state index contributed by atoms with van der Waals surface area (Å²) in [6.07, 6.45) is 2.57. The second-order valence-corrected chi connectivity index (χ2v) is 3.71. The van der Waals surface area contributed by atoms with Gasteiger partial charge >= 0.3 is 0 Å². The second-order valence-electron chi connectivity index (χ2n) is 3.71. The zero-order chi connectivity index (χ0) is 9.26. The normalized spacial score (nSPS) is 18.6. The fourth-order valence-electron chi connectivity index (χ4n) is 1.45. The molecule has 13 heavy (non-hydrogen) atoms. The Morgan fingerprint density at radius 2 is 1.92 bits per heavy atom. The molecule has 0 radical (unpaired) electrons. The van der Waals surface area contributed by atoms with Crippen LogP contribution in [0.5, 0.6) is 0 Å². The average molecular weight is 179 g/mol. The molecular formula is C11H14FN. The summed E-state index contributed by atoms with van der Waals surface area (Å²) in [4.78, 5) is 0. The molecule has 1 saturated carbocycles. The van der Waals surface area contributed by atoms with E-state index >= 15 is 0 Å².